The third kappa shape index (κ3) is 2.02. The van der Waals surface area contributed by atoms with Gasteiger partial charge in [0.15, 0.2) is 0 Å². The molecule has 1 unspecified atom stereocenters. The SMILES string of the molecule is COc1ccc2c(c1)-c1ccsc1-c1ccccc1C2I. The highest BCUT2D eigenvalue weighted by atomic mass is 127. The van der Waals surface area contributed by atoms with Crippen molar-refractivity contribution < 1.29 is 4.74 Å². The fourth-order valence-corrected chi connectivity index (χ4v) is 4.98. The molecular formula is C18H13IOS. The molecule has 1 aliphatic carbocycles. The number of rotatable bonds is 1. The van der Waals surface area contributed by atoms with Gasteiger partial charge in [-0.1, -0.05) is 52.9 Å². The van der Waals surface area contributed by atoms with Gasteiger partial charge >= 0.3 is 0 Å². The first-order valence-corrected chi connectivity index (χ1v) is 8.91. The van der Waals surface area contributed by atoms with Crippen LogP contribution in [0.25, 0.3) is 21.6 Å². The van der Waals surface area contributed by atoms with Crippen molar-refractivity contribution in [2.75, 3.05) is 7.11 Å². The van der Waals surface area contributed by atoms with Gasteiger partial charge < -0.3 is 4.74 Å². The fraction of sp³-hybridized carbons (Fsp3) is 0.111. The van der Waals surface area contributed by atoms with Gasteiger partial charge in [0.2, 0.25) is 0 Å². The molecule has 0 bridgehead atoms. The van der Waals surface area contributed by atoms with Crippen LogP contribution in [0.15, 0.2) is 53.9 Å². The maximum Gasteiger partial charge on any atom is 0.119 e. The maximum absolute atomic E-state index is 5.43. The van der Waals surface area contributed by atoms with Gasteiger partial charge in [0.05, 0.1) is 11.0 Å². The largest absolute Gasteiger partial charge is 0.497 e. The Hall–Kier alpha value is -1.33. The van der Waals surface area contributed by atoms with Crippen LogP contribution in [-0.4, -0.2) is 7.11 Å². The Morgan fingerprint density at radius 3 is 2.62 bits per heavy atom. The summed E-state index contributed by atoms with van der Waals surface area (Å²) in [6.45, 7) is 0. The minimum absolute atomic E-state index is 0.360. The van der Waals surface area contributed by atoms with Gasteiger partial charge in [-0.15, -0.1) is 11.3 Å². The summed E-state index contributed by atoms with van der Waals surface area (Å²) in [5.41, 5.74) is 6.73. The van der Waals surface area contributed by atoms with E-state index in [2.05, 4.69) is 76.5 Å². The number of benzene rings is 2. The first-order valence-electron chi connectivity index (χ1n) is 6.79. The van der Waals surface area contributed by atoms with Crippen molar-refractivity contribution in [1.29, 1.82) is 0 Å². The van der Waals surface area contributed by atoms with Crippen LogP contribution >= 0.6 is 33.9 Å². The number of methoxy groups -OCH3 is 1. The number of ether oxygens (including phenoxy) is 1. The Morgan fingerprint density at radius 2 is 1.76 bits per heavy atom. The van der Waals surface area contributed by atoms with Crippen LogP contribution in [0, 0.1) is 0 Å². The van der Waals surface area contributed by atoms with E-state index < -0.39 is 0 Å². The van der Waals surface area contributed by atoms with Crippen molar-refractivity contribution in [3.05, 3.63) is 65.0 Å². The highest BCUT2D eigenvalue weighted by molar-refractivity contribution is 14.1. The van der Waals surface area contributed by atoms with Crippen LogP contribution in [-0.2, 0) is 0 Å². The summed E-state index contributed by atoms with van der Waals surface area (Å²) < 4.78 is 5.79. The fourth-order valence-electron chi connectivity index (χ4n) is 2.94. The highest BCUT2D eigenvalue weighted by Gasteiger charge is 2.26. The standard InChI is InChI=1S/C18H13IOS/c1-20-11-6-7-13-16(10-11)15-8-9-21-18(15)14-5-3-2-4-12(14)17(13)19/h2-10,17H,1H3. The predicted molar refractivity (Wildman–Crippen MR) is 97.6 cm³/mol. The summed E-state index contributed by atoms with van der Waals surface area (Å²) in [6.07, 6.45) is 0. The molecule has 0 fully saturated rings. The lowest BCUT2D eigenvalue weighted by Gasteiger charge is -2.14. The lowest BCUT2D eigenvalue weighted by Crippen LogP contribution is -1.95. The van der Waals surface area contributed by atoms with Crippen molar-refractivity contribution in [3.63, 3.8) is 0 Å². The van der Waals surface area contributed by atoms with E-state index >= 15 is 0 Å². The molecule has 0 N–H and O–H groups in total. The van der Waals surface area contributed by atoms with Gasteiger partial charge in [-0.05, 0) is 45.8 Å². The summed E-state index contributed by atoms with van der Waals surface area (Å²) in [5.74, 6) is 0.917. The number of thiophene rings is 1. The van der Waals surface area contributed by atoms with E-state index in [0.717, 1.165) is 5.75 Å². The molecule has 0 spiro atoms. The molecule has 1 nitrogen and oxygen atoms in total. The molecule has 4 rings (SSSR count). The molecule has 1 atom stereocenters. The van der Waals surface area contributed by atoms with Crippen molar-refractivity contribution in [3.8, 4) is 27.3 Å². The van der Waals surface area contributed by atoms with Crippen molar-refractivity contribution in [2.45, 2.75) is 3.92 Å². The molecule has 3 heteroatoms. The van der Waals surface area contributed by atoms with Gasteiger partial charge in [-0.2, -0.15) is 0 Å². The lowest BCUT2D eigenvalue weighted by molar-refractivity contribution is 0.415. The average Bonchev–Trinajstić information content (AvgIpc) is 2.99. The predicted octanol–water partition coefficient (Wildman–Crippen LogP) is 5.93. The number of halogens is 1. The van der Waals surface area contributed by atoms with Crippen LogP contribution in [0.5, 0.6) is 5.75 Å². The molecule has 104 valence electrons. The molecule has 0 aliphatic heterocycles. The van der Waals surface area contributed by atoms with Crippen molar-refractivity contribution in [2.24, 2.45) is 0 Å². The van der Waals surface area contributed by atoms with Crippen LogP contribution in [0.4, 0.5) is 0 Å². The van der Waals surface area contributed by atoms with Crippen molar-refractivity contribution in [1.82, 2.24) is 0 Å². The summed E-state index contributed by atoms with van der Waals surface area (Å²) in [4.78, 5) is 1.36. The van der Waals surface area contributed by atoms with E-state index in [-0.39, 0.29) is 0 Å². The maximum atomic E-state index is 5.43. The molecule has 0 saturated heterocycles. The smallest absolute Gasteiger partial charge is 0.119 e. The summed E-state index contributed by atoms with van der Waals surface area (Å²) in [5, 5.41) is 2.18. The van der Waals surface area contributed by atoms with Crippen LogP contribution in [0.2, 0.25) is 0 Å². The normalized spacial score (nSPS) is 15.6. The Labute approximate surface area is 141 Å². The molecular weight excluding hydrogens is 391 g/mol. The van der Waals surface area contributed by atoms with E-state index in [1.54, 1.807) is 7.11 Å². The van der Waals surface area contributed by atoms with Crippen LogP contribution < -0.4 is 4.74 Å². The summed E-state index contributed by atoms with van der Waals surface area (Å²) in [7, 11) is 1.73. The van der Waals surface area contributed by atoms with E-state index in [4.69, 9.17) is 4.74 Å². The first-order chi connectivity index (χ1) is 10.3. The molecule has 0 amide bonds. The van der Waals surface area contributed by atoms with Crippen LogP contribution in [0.3, 0.4) is 0 Å². The lowest BCUT2D eigenvalue weighted by atomic mass is 9.98. The number of hydrogen-bond donors (Lipinski definition) is 0. The van der Waals surface area contributed by atoms with Gasteiger partial charge in [0, 0.05) is 10.4 Å². The second-order valence-electron chi connectivity index (χ2n) is 5.07. The summed E-state index contributed by atoms with van der Waals surface area (Å²) in [6, 6.07) is 17.4. The third-order valence-electron chi connectivity index (χ3n) is 3.97. The van der Waals surface area contributed by atoms with Gasteiger partial charge in [-0.3, -0.25) is 0 Å². The number of alkyl halides is 1. The second-order valence-corrected chi connectivity index (χ2v) is 7.23. The number of hydrogen-bond acceptors (Lipinski definition) is 2. The molecule has 3 aromatic rings. The van der Waals surface area contributed by atoms with Crippen LogP contribution in [0.1, 0.15) is 15.1 Å². The topological polar surface area (TPSA) is 9.23 Å². The zero-order valence-electron chi connectivity index (χ0n) is 11.5. The Morgan fingerprint density at radius 1 is 0.952 bits per heavy atom. The zero-order valence-corrected chi connectivity index (χ0v) is 14.4. The second kappa shape index (κ2) is 5.14. The average molecular weight is 404 g/mol. The zero-order chi connectivity index (χ0) is 14.4. The summed E-state index contributed by atoms with van der Waals surface area (Å²) >= 11 is 4.36. The van der Waals surface area contributed by atoms with E-state index in [0.29, 0.717) is 3.92 Å². The molecule has 0 radical (unpaired) electrons. The number of fused-ring (bicyclic) bond motifs is 5. The van der Waals surface area contributed by atoms with Crippen molar-refractivity contribution >= 4 is 33.9 Å². The Bertz CT molecular complexity index is 822. The first kappa shape index (κ1) is 13.3. The van der Waals surface area contributed by atoms with Gasteiger partial charge in [0.25, 0.3) is 0 Å². The molecule has 21 heavy (non-hydrogen) atoms. The molecule has 1 aromatic heterocycles. The monoisotopic (exact) mass is 404 g/mol. The molecule has 0 saturated carbocycles. The minimum Gasteiger partial charge on any atom is -0.497 e. The molecule has 2 aromatic carbocycles. The van der Waals surface area contributed by atoms with E-state index in [9.17, 15) is 0 Å². The minimum atomic E-state index is 0.360. The third-order valence-corrected chi connectivity index (χ3v) is 6.26. The van der Waals surface area contributed by atoms with E-state index in [1.165, 1.54) is 32.7 Å². The Balaban J connectivity index is 2.09. The van der Waals surface area contributed by atoms with Gasteiger partial charge in [0.1, 0.15) is 5.75 Å². The van der Waals surface area contributed by atoms with Gasteiger partial charge in [-0.25, -0.2) is 0 Å². The quantitative estimate of drug-likeness (QED) is 0.361. The molecule has 1 aliphatic rings. The Kier molecular flexibility index (Phi) is 3.27. The highest BCUT2D eigenvalue weighted by Crippen LogP contribution is 2.50. The van der Waals surface area contributed by atoms with E-state index in [1.807, 2.05) is 11.3 Å². The molecule has 1 heterocycles.